The van der Waals surface area contributed by atoms with E-state index in [4.69, 9.17) is 4.74 Å². The van der Waals surface area contributed by atoms with Crippen molar-refractivity contribution < 1.29 is 23.1 Å². The third-order valence-corrected chi connectivity index (χ3v) is 7.58. The van der Waals surface area contributed by atoms with Gasteiger partial charge >= 0.3 is 0 Å². The Bertz CT molecular complexity index is 995. The molecule has 3 rings (SSSR count). The fourth-order valence-corrected chi connectivity index (χ4v) is 4.45. The molecule has 1 aromatic heterocycles. The summed E-state index contributed by atoms with van der Waals surface area (Å²) in [4.78, 5) is 19.4. The molecule has 1 aliphatic heterocycles. The number of likely N-dealkylation sites (N-methyl/N-ethyl adjacent to an activating group) is 1. The lowest BCUT2D eigenvalue weighted by molar-refractivity contribution is 0.0373. The van der Waals surface area contributed by atoms with Gasteiger partial charge in [-0.25, -0.2) is 17.7 Å². The molecule has 1 saturated carbocycles. The molecule has 0 aromatic carbocycles. The number of aliphatic hydroxyl groups is 1. The van der Waals surface area contributed by atoms with E-state index < -0.39 is 22.2 Å². The Hall–Kier alpha value is -2.15. The summed E-state index contributed by atoms with van der Waals surface area (Å²) in [5.41, 5.74) is 0.921. The second kappa shape index (κ2) is 10.2. The first-order valence-corrected chi connectivity index (χ1v) is 13.0. The van der Waals surface area contributed by atoms with Gasteiger partial charge in [-0.3, -0.25) is 4.79 Å². The molecule has 2 aliphatic rings. The van der Waals surface area contributed by atoms with Crippen molar-refractivity contribution in [1.29, 1.82) is 0 Å². The van der Waals surface area contributed by atoms with Gasteiger partial charge in [-0.05, 0) is 25.8 Å². The van der Waals surface area contributed by atoms with Gasteiger partial charge in [0.05, 0.1) is 25.4 Å². The summed E-state index contributed by atoms with van der Waals surface area (Å²) in [6, 6.07) is 1.29. The lowest BCUT2D eigenvalue weighted by atomic mass is 10.00. The minimum atomic E-state index is -3.40. The molecule has 3 atom stereocenters. The number of amides is 1. The average Bonchev–Trinajstić information content (AvgIpc) is 3.27. The normalized spacial score (nSPS) is 23.1. The highest BCUT2D eigenvalue weighted by Gasteiger charge is 2.35. The largest absolute Gasteiger partial charge is 0.472 e. The fraction of sp³-hybridized carbons (Fsp3) is 0.652. The highest BCUT2D eigenvalue weighted by molar-refractivity contribution is 7.88. The van der Waals surface area contributed by atoms with Crippen LogP contribution in [0.4, 0.5) is 0 Å². The molecule has 0 saturated heterocycles. The number of sulfonamides is 1. The van der Waals surface area contributed by atoms with Crippen molar-refractivity contribution in [1.82, 2.24) is 14.2 Å². The zero-order chi connectivity index (χ0) is 23.5. The molecule has 0 unspecified atom stereocenters. The smallest absolute Gasteiger partial charge is 0.259 e. The number of fused-ring (bicyclic) bond motifs is 1. The first kappa shape index (κ1) is 24.5. The summed E-state index contributed by atoms with van der Waals surface area (Å²) in [5, 5.41) is 9.73. The molecule has 176 valence electrons. The third kappa shape index (κ3) is 5.80. The van der Waals surface area contributed by atoms with Crippen molar-refractivity contribution in [3.05, 3.63) is 23.4 Å². The second-order valence-corrected chi connectivity index (χ2v) is 11.1. The van der Waals surface area contributed by atoms with Gasteiger partial charge in [0.1, 0.15) is 11.7 Å². The topological polar surface area (TPSA) is 100 Å². The molecule has 0 spiro atoms. The number of nitrogens with zero attached hydrogens (tertiary/aromatic N) is 3. The van der Waals surface area contributed by atoms with Crippen molar-refractivity contribution in [2.75, 3.05) is 33.0 Å². The van der Waals surface area contributed by atoms with E-state index >= 15 is 0 Å². The van der Waals surface area contributed by atoms with Crippen LogP contribution in [0.2, 0.25) is 0 Å². The van der Waals surface area contributed by atoms with Gasteiger partial charge in [-0.2, -0.15) is 0 Å². The van der Waals surface area contributed by atoms with Gasteiger partial charge in [-0.1, -0.05) is 31.6 Å². The van der Waals surface area contributed by atoms with Crippen LogP contribution in [-0.4, -0.2) is 78.8 Å². The van der Waals surface area contributed by atoms with E-state index in [2.05, 4.69) is 16.8 Å². The van der Waals surface area contributed by atoms with Crippen LogP contribution in [0.1, 0.15) is 55.5 Å². The number of rotatable bonds is 5. The first-order chi connectivity index (χ1) is 15.1. The van der Waals surface area contributed by atoms with Crippen molar-refractivity contribution in [3.63, 3.8) is 0 Å². The molecular weight excluding hydrogens is 430 g/mol. The van der Waals surface area contributed by atoms with E-state index in [0.29, 0.717) is 18.0 Å². The minimum Gasteiger partial charge on any atom is -0.472 e. The van der Waals surface area contributed by atoms with Crippen molar-refractivity contribution in [2.45, 2.75) is 51.7 Å². The van der Waals surface area contributed by atoms with Crippen molar-refractivity contribution in [2.24, 2.45) is 11.8 Å². The Morgan fingerprint density at radius 3 is 2.69 bits per heavy atom. The highest BCUT2D eigenvalue weighted by atomic mass is 32.2. The molecule has 0 bridgehead atoms. The van der Waals surface area contributed by atoms with Gasteiger partial charge in [0.2, 0.25) is 15.9 Å². The van der Waals surface area contributed by atoms with Crippen LogP contribution in [0.15, 0.2) is 12.3 Å². The molecule has 9 heteroatoms. The van der Waals surface area contributed by atoms with Crippen LogP contribution in [0, 0.1) is 23.7 Å². The van der Waals surface area contributed by atoms with Crippen LogP contribution in [0.25, 0.3) is 0 Å². The maximum absolute atomic E-state index is 13.4. The standard InChI is InChI=1S/C23H33N3O5S/c1-16-13-26(17(2)15-27)23(28)20-11-19(10-9-18-7-5-6-8-18)12-24-22(20)31-21(16)14-25(3)32(4,29)30/h11-12,16-18,21,27H,5-8,13-15H2,1-4H3/t16-,17+,21+/m0/s1. The van der Waals surface area contributed by atoms with E-state index in [0.717, 1.165) is 19.1 Å². The van der Waals surface area contributed by atoms with Gasteiger partial charge in [0.15, 0.2) is 0 Å². The Morgan fingerprint density at radius 2 is 2.06 bits per heavy atom. The number of carbonyl (C=O) groups excluding carboxylic acids is 1. The third-order valence-electron chi connectivity index (χ3n) is 6.30. The first-order valence-electron chi connectivity index (χ1n) is 11.1. The van der Waals surface area contributed by atoms with E-state index in [-0.39, 0.29) is 36.4 Å². The number of pyridine rings is 1. The number of hydrogen-bond acceptors (Lipinski definition) is 6. The Kier molecular flexibility index (Phi) is 7.80. The quantitative estimate of drug-likeness (QED) is 0.668. The summed E-state index contributed by atoms with van der Waals surface area (Å²) < 4.78 is 31.2. The van der Waals surface area contributed by atoms with Crippen LogP contribution >= 0.6 is 0 Å². The van der Waals surface area contributed by atoms with Crippen molar-refractivity contribution >= 4 is 15.9 Å². The molecule has 2 heterocycles. The van der Waals surface area contributed by atoms with E-state index in [1.807, 2.05) is 6.92 Å². The predicted octanol–water partition coefficient (Wildman–Crippen LogP) is 1.73. The number of aliphatic hydroxyl groups excluding tert-OH is 1. The van der Waals surface area contributed by atoms with Crippen LogP contribution in [0.5, 0.6) is 5.88 Å². The summed E-state index contributed by atoms with van der Waals surface area (Å²) in [6.07, 6.45) is 6.82. The van der Waals surface area contributed by atoms with Crippen LogP contribution in [0.3, 0.4) is 0 Å². The monoisotopic (exact) mass is 463 g/mol. The molecule has 0 radical (unpaired) electrons. The maximum atomic E-state index is 13.4. The SMILES string of the molecule is C[C@H](CO)N1C[C@H](C)[C@@H](CN(C)S(C)(=O)=O)Oc2ncc(C#CC3CCCC3)cc2C1=O. The van der Waals surface area contributed by atoms with Crippen LogP contribution in [-0.2, 0) is 10.0 Å². The predicted molar refractivity (Wildman–Crippen MR) is 122 cm³/mol. The number of aromatic nitrogens is 1. The van der Waals surface area contributed by atoms with E-state index in [1.54, 1.807) is 24.1 Å². The summed E-state index contributed by atoms with van der Waals surface area (Å²) >= 11 is 0. The summed E-state index contributed by atoms with van der Waals surface area (Å²) in [7, 11) is -1.90. The molecule has 8 nitrogen and oxygen atoms in total. The molecule has 1 fully saturated rings. The van der Waals surface area contributed by atoms with E-state index in [1.165, 1.54) is 24.2 Å². The zero-order valence-electron chi connectivity index (χ0n) is 19.2. The number of hydrogen-bond donors (Lipinski definition) is 1. The lowest BCUT2D eigenvalue weighted by Gasteiger charge is -2.37. The zero-order valence-corrected chi connectivity index (χ0v) is 20.1. The molecule has 1 amide bonds. The number of ether oxygens (including phenoxy) is 1. The molecule has 1 aliphatic carbocycles. The highest BCUT2D eigenvalue weighted by Crippen LogP contribution is 2.28. The van der Waals surface area contributed by atoms with E-state index in [9.17, 15) is 18.3 Å². The minimum absolute atomic E-state index is 0.125. The maximum Gasteiger partial charge on any atom is 0.259 e. The second-order valence-electron chi connectivity index (χ2n) is 8.99. The van der Waals surface area contributed by atoms with Gasteiger partial charge in [-0.15, -0.1) is 0 Å². The van der Waals surface area contributed by atoms with Crippen LogP contribution < -0.4 is 4.74 Å². The Morgan fingerprint density at radius 1 is 1.38 bits per heavy atom. The number of carbonyl (C=O) groups is 1. The summed E-state index contributed by atoms with van der Waals surface area (Å²) in [5.74, 6) is 6.51. The molecule has 1 N–H and O–H groups in total. The van der Waals surface area contributed by atoms with Gasteiger partial charge < -0.3 is 14.7 Å². The fourth-order valence-electron chi connectivity index (χ4n) is 4.03. The molecule has 1 aromatic rings. The van der Waals surface area contributed by atoms with Gasteiger partial charge in [0.25, 0.3) is 5.91 Å². The Labute approximate surface area is 191 Å². The molecule has 32 heavy (non-hydrogen) atoms. The van der Waals surface area contributed by atoms with Crippen molar-refractivity contribution in [3.8, 4) is 17.7 Å². The molecular formula is C23H33N3O5S. The summed E-state index contributed by atoms with van der Waals surface area (Å²) in [6.45, 7) is 3.94. The average molecular weight is 464 g/mol. The lowest BCUT2D eigenvalue weighted by Crippen LogP contribution is -2.50. The van der Waals surface area contributed by atoms with Gasteiger partial charge in [0, 0.05) is 37.2 Å². The Balaban J connectivity index is 1.97.